The molecule has 0 aliphatic carbocycles. The Balaban J connectivity index is 3.17. The SMILES string of the molecule is C=CC(=O)ONC. The van der Waals surface area contributed by atoms with Crippen molar-refractivity contribution in [3.63, 3.8) is 0 Å². The van der Waals surface area contributed by atoms with Gasteiger partial charge in [0.05, 0.1) is 0 Å². The van der Waals surface area contributed by atoms with Crippen LogP contribution in [0.1, 0.15) is 0 Å². The van der Waals surface area contributed by atoms with Crippen molar-refractivity contribution in [3.05, 3.63) is 12.7 Å². The highest BCUT2D eigenvalue weighted by atomic mass is 16.7. The van der Waals surface area contributed by atoms with Crippen LogP contribution < -0.4 is 5.48 Å². The summed E-state index contributed by atoms with van der Waals surface area (Å²) in [6, 6.07) is 0. The molecule has 0 atom stereocenters. The van der Waals surface area contributed by atoms with Gasteiger partial charge in [-0.3, -0.25) is 0 Å². The standard InChI is InChI=1S/C4H7NO2/c1-3-4(6)7-5-2/h3,5H,1H2,2H3. The number of hydrogen-bond acceptors (Lipinski definition) is 3. The van der Waals surface area contributed by atoms with Gasteiger partial charge in [-0.15, -0.1) is 0 Å². The number of hydrogen-bond donors (Lipinski definition) is 1. The first kappa shape index (κ1) is 6.17. The maximum atomic E-state index is 10.0. The Morgan fingerprint density at radius 1 is 2.00 bits per heavy atom. The molecule has 0 aliphatic rings. The minimum atomic E-state index is -0.470. The molecule has 0 spiro atoms. The van der Waals surface area contributed by atoms with Crippen LogP contribution in [-0.4, -0.2) is 13.0 Å². The van der Waals surface area contributed by atoms with Crippen LogP contribution in [0.15, 0.2) is 12.7 Å². The van der Waals surface area contributed by atoms with Crippen molar-refractivity contribution in [3.8, 4) is 0 Å². The average molecular weight is 101 g/mol. The lowest BCUT2D eigenvalue weighted by Crippen LogP contribution is -2.11. The Morgan fingerprint density at radius 3 is 2.71 bits per heavy atom. The molecular weight excluding hydrogens is 94.0 g/mol. The van der Waals surface area contributed by atoms with Crippen LogP contribution in [0.4, 0.5) is 0 Å². The highest BCUT2D eigenvalue weighted by Crippen LogP contribution is 1.67. The lowest BCUT2D eigenvalue weighted by atomic mass is 10.7. The van der Waals surface area contributed by atoms with Crippen LogP contribution in [0.25, 0.3) is 0 Å². The zero-order chi connectivity index (χ0) is 5.70. The molecule has 3 nitrogen and oxygen atoms in total. The van der Waals surface area contributed by atoms with Gasteiger partial charge in [-0.05, 0) is 0 Å². The monoisotopic (exact) mass is 101 g/mol. The van der Waals surface area contributed by atoms with Crippen molar-refractivity contribution in [1.29, 1.82) is 0 Å². The highest BCUT2D eigenvalue weighted by Gasteiger charge is 1.86. The molecule has 0 fully saturated rings. The van der Waals surface area contributed by atoms with E-state index in [4.69, 9.17) is 0 Å². The number of hydroxylamine groups is 1. The van der Waals surface area contributed by atoms with E-state index in [1.165, 1.54) is 7.05 Å². The number of carbonyl (C=O) groups is 1. The third-order valence-corrected chi connectivity index (χ3v) is 0.369. The molecule has 1 N–H and O–H groups in total. The molecule has 7 heavy (non-hydrogen) atoms. The quantitative estimate of drug-likeness (QED) is 0.388. The van der Waals surface area contributed by atoms with Gasteiger partial charge in [-0.2, -0.15) is 5.48 Å². The molecule has 0 bridgehead atoms. The average Bonchev–Trinajstić information content (AvgIpc) is 1.68. The minimum Gasteiger partial charge on any atom is -0.367 e. The predicted molar refractivity (Wildman–Crippen MR) is 25.3 cm³/mol. The lowest BCUT2D eigenvalue weighted by molar-refractivity contribution is -0.143. The van der Waals surface area contributed by atoms with E-state index in [2.05, 4.69) is 16.9 Å². The molecule has 0 rings (SSSR count). The van der Waals surface area contributed by atoms with Gasteiger partial charge in [0.15, 0.2) is 0 Å². The normalized spacial score (nSPS) is 7.57. The fourth-order valence-corrected chi connectivity index (χ4v) is 0.142. The van der Waals surface area contributed by atoms with E-state index in [1.54, 1.807) is 0 Å². The van der Waals surface area contributed by atoms with Crippen molar-refractivity contribution in [2.45, 2.75) is 0 Å². The third kappa shape index (κ3) is 2.99. The molecule has 0 aromatic heterocycles. The zero-order valence-electron chi connectivity index (χ0n) is 4.10. The highest BCUT2D eigenvalue weighted by molar-refractivity contribution is 5.80. The van der Waals surface area contributed by atoms with Crippen LogP contribution in [0.3, 0.4) is 0 Å². The van der Waals surface area contributed by atoms with E-state index in [-0.39, 0.29) is 0 Å². The molecule has 0 aromatic rings. The molecule has 0 saturated carbocycles. The van der Waals surface area contributed by atoms with Gasteiger partial charge < -0.3 is 4.84 Å². The van der Waals surface area contributed by atoms with Gasteiger partial charge in [0, 0.05) is 13.1 Å². The van der Waals surface area contributed by atoms with Crippen LogP contribution >= 0.6 is 0 Å². The van der Waals surface area contributed by atoms with E-state index in [1.807, 2.05) is 0 Å². The van der Waals surface area contributed by atoms with Gasteiger partial charge in [-0.25, -0.2) is 4.79 Å². The summed E-state index contributed by atoms with van der Waals surface area (Å²) < 4.78 is 0. The Bertz CT molecular complexity index is 79.8. The Labute approximate surface area is 41.9 Å². The first-order chi connectivity index (χ1) is 3.31. The summed E-state index contributed by atoms with van der Waals surface area (Å²) in [4.78, 5) is 14.2. The maximum absolute atomic E-state index is 10.0. The van der Waals surface area contributed by atoms with Crippen molar-refractivity contribution in [2.24, 2.45) is 0 Å². The Kier molecular flexibility index (Phi) is 2.96. The van der Waals surface area contributed by atoms with Crippen LogP contribution in [0.5, 0.6) is 0 Å². The summed E-state index contributed by atoms with van der Waals surface area (Å²) in [6.45, 7) is 3.16. The molecule has 0 saturated heterocycles. The van der Waals surface area contributed by atoms with E-state index in [0.717, 1.165) is 6.08 Å². The summed E-state index contributed by atoms with van der Waals surface area (Å²) in [6.07, 6.45) is 1.08. The summed E-state index contributed by atoms with van der Waals surface area (Å²) in [7, 11) is 1.50. The second-order valence-electron chi connectivity index (χ2n) is 0.829. The summed E-state index contributed by atoms with van der Waals surface area (Å²) >= 11 is 0. The molecule has 0 heterocycles. The zero-order valence-corrected chi connectivity index (χ0v) is 4.10. The third-order valence-electron chi connectivity index (χ3n) is 0.369. The summed E-state index contributed by atoms with van der Waals surface area (Å²) in [5.74, 6) is -0.470. The van der Waals surface area contributed by atoms with Gasteiger partial charge in [-0.1, -0.05) is 6.58 Å². The second kappa shape index (κ2) is 3.36. The largest absolute Gasteiger partial charge is 0.367 e. The smallest absolute Gasteiger partial charge is 0.348 e. The van der Waals surface area contributed by atoms with E-state index >= 15 is 0 Å². The molecule has 40 valence electrons. The Hall–Kier alpha value is -0.830. The summed E-state index contributed by atoms with van der Waals surface area (Å²) in [5, 5.41) is 0. The van der Waals surface area contributed by atoms with Crippen molar-refractivity contribution >= 4 is 5.97 Å². The second-order valence-corrected chi connectivity index (χ2v) is 0.829. The molecule has 0 radical (unpaired) electrons. The van der Waals surface area contributed by atoms with Gasteiger partial charge >= 0.3 is 5.97 Å². The van der Waals surface area contributed by atoms with Crippen molar-refractivity contribution in [2.75, 3.05) is 7.05 Å². The molecule has 0 amide bonds. The van der Waals surface area contributed by atoms with Crippen LogP contribution in [-0.2, 0) is 9.63 Å². The fraction of sp³-hybridized carbons (Fsp3) is 0.250. The first-order valence-electron chi connectivity index (χ1n) is 1.81. The van der Waals surface area contributed by atoms with E-state index in [0.29, 0.717) is 0 Å². The van der Waals surface area contributed by atoms with Gasteiger partial charge in [0.25, 0.3) is 0 Å². The van der Waals surface area contributed by atoms with Crippen molar-refractivity contribution in [1.82, 2.24) is 5.48 Å². The van der Waals surface area contributed by atoms with Gasteiger partial charge in [0.1, 0.15) is 0 Å². The summed E-state index contributed by atoms with van der Waals surface area (Å²) in [5.41, 5.74) is 2.20. The molecule has 0 aromatic carbocycles. The predicted octanol–water partition coefficient (Wildman–Crippen LogP) is -0.150. The lowest BCUT2D eigenvalue weighted by Gasteiger charge is -1.91. The maximum Gasteiger partial charge on any atom is 0.348 e. The van der Waals surface area contributed by atoms with E-state index < -0.39 is 5.97 Å². The first-order valence-corrected chi connectivity index (χ1v) is 1.81. The fourth-order valence-electron chi connectivity index (χ4n) is 0.142. The number of carbonyl (C=O) groups excluding carboxylic acids is 1. The number of nitrogens with one attached hydrogen (secondary N) is 1. The molecule has 0 aliphatic heterocycles. The minimum absolute atomic E-state index is 0.470. The van der Waals surface area contributed by atoms with Crippen LogP contribution in [0, 0.1) is 0 Å². The van der Waals surface area contributed by atoms with E-state index in [9.17, 15) is 4.79 Å². The molecule has 3 heteroatoms. The Morgan fingerprint density at radius 2 is 2.57 bits per heavy atom. The van der Waals surface area contributed by atoms with Crippen LogP contribution in [0.2, 0.25) is 0 Å². The van der Waals surface area contributed by atoms with Crippen molar-refractivity contribution < 1.29 is 9.63 Å². The number of rotatable bonds is 2. The molecule has 0 unspecified atom stereocenters. The van der Waals surface area contributed by atoms with Gasteiger partial charge in [0.2, 0.25) is 0 Å². The topological polar surface area (TPSA) is 38.3 Å². The molecular formula is C4H7NO2.